The molecular formula is C23H27N5O4. The van der Waals surface area contributed by atoms with E-state index >= 15 is 0 Å². The number of amides is 2. The molecule has 2 saturated heterocycles. The number of rotatable bonds is 6. The molecule has 0 spiro atoms. The first-order chi connectivity index (χ1) is 15.4. The summed E-state index contributed by atoms with van der Waals surface area (Å²) in [6, 6.07) is 14.7. The lowest BCUT2D eigenvalue weighted by atomic mass is 10.2. The number of nitrogens with zero attached hydrogens (tertiary/aromatic N) is 3. The highest BCUT2D eigenvalue weighted by Crippen LogP contribution is 2.24. The number of nitrogens with one attached hydrogen (secondary N) is 1. The molecule has 2 aromatic carbocycles. The van der Waals surface area contributed by atoms with E-state index in [1.165, 1.54) is 0 Å². The maximum atomic E-state index is 12.3. The number of carbonyl (C=O) groups excluding carboxylic acids is 2. The van der Waals surface area contributed by atoms with Crippen molar-refractivity contribution in [3.8, 4) is 5.75 Å². The number of nitrogens with two attached hydrogens (primary N) is 1. The Hall–Kier alpha value is -3.75. The number of hydrogen-bond donors (Lipinski definition) is 2. The van der Waals surface area contributed by atoms with Crippen LogP contribution >= 0.6 is 0 Å². The molecule has 2 aromatic rings. The third-order valence-corrected chi connectivity index (χ3v) is 5.73. The Balaban J connectivity index is 1.28. The molecule has 2 heterocycles. The van der Waals surface area contributed by atoms with Gasteiger partial charge in [-0.05, 0) is 48.5 Å². The van der Waals surface area contributed by atoms with Gasteiger partial charge in [0.15, 0.2) is 6.10 Å². The van der Waals surface area contributed by atoms with Crippen LogP contribution in [0, 0.1) is 5.41 Å². The highest BCUT2D eigenvalue weighted by atomic mass is 16.6. The van der Waals surface area contributed by atoms with Crippen LogP contribution in [0.4, 0.5) is 16.2 Å². The second kappa shape index (κ2) is 9.17. The van der Waals surface area contributed by atoms with E-state index in [0.29, 0.717) is 23.5 Å². The molecule has 2 aliphatic rings. The second-order valence-electron chi connectivity index (χ2n) is 7.87. The van der Waals surface area contributed by atoms with E-state index in [9.17, 15) is 9.59 Å². The summed E-state index contributed by atoms with van der Waals surface area (Å²) in [6.45, 7) is 5.32. The molecule has 0 aliphatic carbocycles. The van der Waals surface area contributed by atoms with Crippen molar-refractivity contribution in [2.75, 3.05) is 49.1 Å². The fourth-order valence-electron chi connectivity index (χ4n) is 3.86. The summed E-state index contributed by atoms with van der Waals surface area (Å²) >= 11 is 0. The van der Waals surface area contributed by atoms with Crippen molar-refractivity contribution in [3.05, 3.63) is 54.1 Å². The molecule has 0 radical (unpaired) electrons. The molecule has 9 heteroatoms. The molecule has 0 bridgehead atoms. The van der Waals surface area contributed by atoms with Crippen molar-refractivity contribution < 1.29 is 19.1 Å². The zero-order valence-corrected chi connectivity index (χ0v) is 18.0. The Kier molecular flexibility index (Phi) is 6.16. The van der Waals surface area contributed by atoms with Gasteiger partial charge >= 0.3 is 6.09 Å². The topological polar surface area (TPSA) is 112 Å². The van der Waals surface area contributed by atoms with E-state index in [1.807, 2.05) is 29.2 Å². The molecule has 4 rings (SSSR count). The van der Waals surface area contributed by atoms with Gasteiger partial charge in [0.2, 0.25) is 5.91 Å². The summed E-state index contributed by atoms with van der Waals surface area (Å²) < 4.78 is 11.3. The van der Waals surface area contributed by atoms with Crippen molar-refractivity contribution in [1.29, 1.82) is 5.41 Å². The van der Waals surface area contributed by atoms with Gasteiger partial charge in [-0.15, -0.1) is 0 Å². The summed E-state index contributed by atoms with van der Waals surface area (Å²) in [7, 11) is 0. The van der Waals surface area contributed by atoms with Gasteiger partial charge in [0.05, 0.1) is 6.54 Å². The first-order valence-corrected chi connectivity index (χ1v) is 10.6. The van der Waals surface area contributed by atoms with Crippen LogP contribution < -0.4 is 20.3 Å². The predicted octanol–water partition coefficient (Wildman–Crippen LogP) is 2.04. The van der Waals surface area contributed by atoms with Gasteiger partial charge in [-0.2, -0.15) is 0 Å². The Morgan fingerprint density at radius 2 is 1.69 bits per heavy atom. The van der Waals surface area contributed by atoms with Crippen LogP contribution in [0.25, 0.3) is 0 Å². The quantitative estimate of drug-likeness (QED) is 0.528. The Morgan fingerprint density at radius 3 is 2.28 bits per heavy atom. The van der Waals surface area contributed by atoms with Crippen molar-refractivity contribution in [3.63, 3.8) is 0 Å². The molecule has 0 saturated carbocycles. The van der Waals surface area contributed by atoms with E-state index in [0.717, 1.165) is 31.9 Å². The Morgan fingerprint density at radius 1 is 1.06 bits per heavy atom. The minimum absolute atomic E-state index is 0.0174. The zero-order chi connectivity index (χ0) is 22.7. The number of benzene rings is 2. The maximum Gasteiger partial charge on any atom is 0.414 e. The van der Waals surface area contributed by atoms with Gasteiger partial charge in [-0.1, -0.05) is 0 Å². The Labute approximate surface area is 186 Å². The fraction of sp³-hybridized carbons (Fsp3) is 0.348. The summed E-state index contributed by atoms with van der Waals surface area (Å²) in [5.74, 6) is 0.806. The van der Waals surface area contributed by atoms with Crippen LogP contribution in [0.1, 0.15) is 12.5 Å². The highest BCUT2D eigenvalue weighted by Gasteiger charge is 2.32. The normalized spacial score (nSPS) is 18.5. The number of anilines is 2. The molecule has 1 atom stereocenters. The van der Waals surface area contributed by atoms with Crippen molar-refractivity contribution in [1.82, 2.24) is 4.90 Å². The highest BCUT2D eigenvalue weighted by molar-refractivity contribution is 5.96. The lowest BCUT2D eigenvalue weighted by Crippen LogP contribution is -2.48. The maximum absolute atomic E-state index is 12.3. The molecule has 2 amide bonds. The zero-order valence-electron chi connectivity index (χ0n) is 18.0. The van der Waals surface area contributed by atoms with Gasteiger partial charge in [-0.3, -0.25) is 15.1 Å². The van der Waals surface area contributed by atoms with Gasteiger partial charge in [0.25, 0.3) is 0 Å². The van der Waals surface area contributed by atoms with Crippen LogP contribution in [0.2, 0.25) is 0 Å². The number of hydrogen-bond acceptors (Lipinski definition) is 6. The standard InChI is InChI=1S/C23H27N5O4/c1-16(29)26-10-12-27(13-11-26)18-6-8-20(9-7-18)31-15-21-14-28(23(30)32-21)19-4-2-17(3-5-19)22(24)25/h2-9,21H,10-15H2,1H3,(H3,24,25). The molecule has 32 heavy (non-hydrogen) atoms. The lowest BCUT2D eigenvalue weighted by Gasteiger charge is -2.35. The number of cyclic esters (lactones) is 1. The van der Waals surface area contributed by atoms with Gasteiger partial charge in [0.1, 0.15) is 18.2 Å². The lowest BCUT2D eigenvalue weighted by molar-refractivity contribution is -0.129. The van der Waals surface area contributed by atoms with Crippen molar-refractivity contribution >= 4 is 29.2 Å². The molecule has 0 aromatic heterocycles. The average Bonchev–Trinajstić information content (AvgIpc) is 3.18. The third-order valence-electron chi connectivity index (χ3n) is 5.73. The summed E-state index contributed by atoms with van der Waals surface area (Å²) in [4.78, 5) is 29.4. The second-order valence-corrected chi connectivity index (χ2v) is 7.87. The minimum atomic E-state index is -0.422. The summed E-state index contributed by atoms with van der Waals surface area (Å²) in [5, 5.41) is 7.46. The first kappa shape index (κ1) is 21.5. The molecule has 2 fully saturated rings. The summed E-state index contributed by atoms with van der Waals surface area (Å²) in [5.41, 5.74) is 7.86. The van der Waals surface area contributed by atoms with Crippen LogP contribution in [0.5, 0.6) is 5.75 Å². The van der Waals surface area contributed by atoms with Gasteiger partial charge in [-0.25, -0.2) is 4.79 Å². The van der Waals surface area contributed by atoms with Crippen LogP contribution in [-0.2, 0) is 9.53 Å². The molecule has 3 N–H and O–H groups in total. The van der Waals surface area contributed by atoms with E-state index in [4.69, 9.17) is 20.6 Å². The summed E-state index contributed by atoms with van der Waals surface area (Å²) in [6.07, 6.45) is -0.802. The van der Waals surface area contributed by atoms with Crippen molar-refractivity contribution in [2.45, 2.75) is 13.0 Å². The van der Waals surface area contributed by atoms with Crippen LogP contribution in [0.3, 0.4) is 0 Å². The van der Waals surface area contributed by atoms with Crippen molar-refractivity contribution in [2.24, 2.45) is 5.73 Å². The van der Waals surface area contributed by atoms with Gasteiger partial charge in [0, 0.05) is 50.0 Å². The average molecular weight is 438 g/mol. The molecular weight excluding hydrogens is 410 g/mol. The molecule has 9 nitrogen and oxygen atoms in total. The predicted molar refractivity (Wildman–Crippen MR) is 121 cm³/mol. The van der Waals surface area contributed by atoms with Gasteiger partial charge < -0.3 is 25.0 Å². The monoisotopic (exact) mass is 437 g/mol. The number of carbonyl (C=O) groups is 2. The van der Waals surface area contributed by atoms with E-state index in [-0.39, 0.29) is 24.5 Å². The fourth-order valence-corrected chi connectivity index (χ4v) is 3.86. The van der Waals surface area contributed by atoms with Crippen LogP contribution in [0.15, 0.2) is 48.5 Å². The molecule has 1 unspecified atom stereocenters. The SMILES string of the molecule is CC(=O)N1CCN(c2ccc(OCC3CN(c4ccc(C(=N)N)cc4)C(=O)O3)cc2)CC1. The van der Waals surface area contributed by atoms with Crippen LogP contribution in [-0.4, -0.2) is 68.2 Å². The van der Waals surface area contributed by atoms with E-state index in [1.54, 1.807) is 36.1 Å². The number of piperazine rings is 1. The smallest absolute Gasteiger partial charge is 0.414 e. The molecule has 168 valence electrons. The number of ether oxygens (including phenoxy) is 2. The van der Waals surface area contributed by atoms with E-state index in [2.05, 4.69) is 4.90 Å². The third kappa shape index (κ3) is 4.77. The number of amidine groups is 1. The largest absolute Gasteiger partial charge is 0.490 e. The number of nitrogen functional groups attached to an aromatic ring is 1. The first-order valence-electron chi connectivity index (χ1n) is 10.6. The van der Waals surface area contributed by atoms with E-state index < -0.39 is 6.09 Å². The molecule has 2 aliphatic heterocycles. The minimum Gasteiger partial charge on any atom is -0.490 e. The Bertz CT molecular complexity index is 984.